The number of thiophene rings is 1. The second-order valence-corrected chi connectivity index (χ2v) is 6.46. The molecule has 1 amide bonds. The van der Waals surface area contributed by atoms with Gasteiger partial charge in [0.2, 0.25) is 5.91 Å². The number of para-hydroxylation sites is 1. The molecule has 0 unspecified atom stereocenters. The minimum Gasteiger partial charge on any atom is -0.495 e. The van der Waals surface area contributed by atoms with Crippen LogP contribution < -0.4 is 10.1 Å². The van der Waals surface area contributed by atoms with Crippen LogP contribution in [-0.2, 0) is 4.79 Å². The van der Waals surface area contributed by atoms with E-state index >= 15 is 0 Å². The van der Waals surface area contributed by atoms with Crippen molar-refractivity contribution in [3.63, 3.8) is 0 Å². The molecule has 4 nitrogen and oxygen atoms in total. The first-order chi connectivity index (χ1) is 12.2. The molecule has 4 aromatic rings. The first-order valence-corrected chi connectivity index (χ1v) is 8.64. The Morgan fingerprint density at radius 2 is 2.00 bits per heavy atom. The Hall–Kier alpha value is -3.05. The fraction of sp³-hybridized carbons (Fsp3) is 0.0500. The molecular formula is C20H15NO3S. The largest absolute Gasteiger partial charge is 0.495 e. The van der Waals surface area contributed by atoms with Crippen molar-refractivity contribution in [1.82, 2.24) is 0 Å². The van der Waals surface area contributed by atoms with E-state index in [9.17, 15) is 4.79 Å². The SMILES string of the molecule is COc1cc2c(cc1NC(=O)C=Cc1cccs1)oc1ccccc12. The summed E-state index contributed by atoms with van der Waals surface area (Å²) in [5.74, 6) is 0.374. The average molecular weight is 349 g/mol. The summed E-state index contributed by atoms with van der Waals surface area (Å²) in [6, 6.07) is 15.4. The Morgan fingerprint density at radius 1 is 1.12 bits per heavy atom. The lowest BCUT2D eigenvalue weighted by Crippen LogP contribution is -2.08. The molecule has 0 bridgehead atoms. The van der Waals surface area contributed by atoms with E-state index in [0.29, 0.717) is 17.0 Å². The molecule has 5 heteroatoms. The molecule has 0 radical (unpaired) electrons. The lowest BCUT2D eigenvalue weighted by Gasteiger charge is -2.08. The molecule has 2 aromatic heterocycles. The van der Waals surface area contributed by atoms with E-state index in [-0.39, 0.29) is 5.91 Å². The zero-order valence-corrected chi connectivity index (χ0v) is 14.3. The summed E-state index contributed by atoms with van der Waals surface area (Å²) < 4.78 is 11.3. The van der Waals surface area contributed by atoms with E-state index in [0.717, 1.165) is 21.2 Å². The highest BCUT2D eigenvalue weighted by atomic mass is 32.1. The fourth-order valence-corrected chi connectivity index (χ4v) is 3.35. The second-order valence-electron chi connectivity index (χ2n) is 5.48. The summed E-state index contributed by atoms with van der Waals surface area (Å²) in [7, 11) is 1.58. The Morgan fingerprint density at radius 3 is 2.80 bits per heavy atom. The van der Waals surface area contributed by atoms with Gasteiger partial charge in [0.25, 0.3) is 0 Å². The molecule has 4 rings (SSSR count). The number of benzene rings is 2. The van der Waals surface area contributed by atoms with Gasteiger partial charge in [0.1, 0.15) is 16.9 Å². The molecule has 0 saturated carbocycles. The zero-order valence-electron chi connectivity index (χ0n) is 13.5. The van der Waals surface area contributed by atoms with E-state index in [1.54, 1.807) is 30.6 Å². The number of anilines is 1. The summed E-state index contributed by atoms with van der Waals surface area (Å²) in [6.45, 7) is 0. The second kappa shape index (κ2) is 6.45. The third kappa shape index (κ3) is 3.02. The maximum absolute atomic E-state index is 12.2. The van der Waals surface area contributed by atoms with Crippen molar-refractivity contribution in [1.29, 1.82) is 0 Å². The monoisotopic (exact) mass is 349 g/mol. The quantitative estimate of drug-likeness (QED) is 0.508. The molecular weight excluding hydrogens is 334 g/mol. The van der Waals surface area contributed by atoms with Gasteiger partial charge < -0.3 is 14.5 Å². The molecule has 0 aliphatic heterocycles. The number of methoxy groups -OCH3 is 1. The number of hydrogen-bond donors (Lipinski definition) is 1. The van der Waals surface area contributed by atoms with Gasteiger partial charge in [-0.3, -0.25) is 4.79 Å². The summed E-state index contributed by atoms with van der Waals surface area (Å²) in [6.07, 6.45) is 3.29. The smallest absolute Gasteiger partial charge is 0.248 e. The van der Waals surface area contributed by atoms with Gasteiger partial charge in [-0.1, -0.05) is 24.3 Å². The molecule has 1 N–H and O–H groups in total. The minimum atomic E-state index is -0.220. The van der Waals surface area contributed by atoms with Crippen LogP contribution in [0, 0.1) is 0 Å². The van der Waals surface area contributed by atoms with Crippen LogP contribution in [0.1, 0.15) is 4.88 Å². The summed E-state index contributed by atoms with van der Waals surface area (Å²) in [5.41, 5.74) is 2.09. The van der Waals surface area contributed by atoms with Crippen molar-refractivity contribution in [3.8, 4) is 5.75 Å². The van der Waals surface area contributed by atoms with E-state index in [1.807, 2.05) is 47.8 Å². The zero-order chi connectivity index (χ0) is 17.2. The number of ether oxygens (including phenoxy) is 1. The van der Waals surface area contributed by atoms with Crippen LogP contribution in [-0.4, -0.2) is 13.0 Å². The normalized spacial score (nSPS) is 11.4. The number of fused-ring (bicyclic) bond motifs is 3. The van der Waals surface area contributed by atoms with Crippen LogP contribution in [0.25, 0.3) is 28.0 Å². The van der Waals surface area contributed by atoms with Crippen molar-refractivity contribution >= 4 is 50.9 Å². The van der Waals surface area contributed by atoms with Crippen LogP contribution in [0.2, 0.25) is 0 Å². The maximum Gasteiger partial charge on any atom is 0.248 e. The Kier molecular flexibility index (Phi) is 3.99. The van der Waals surface area contributed by atoms with Crippen molar-refractivity contribution in [3.05, 3.63) is 64.9 Å². The van der Waals surface area contributed by atoms with Gasteiger partial charge in [-0.05, 0) is 29.7 Å². The number of carbonyl (C=O) groups is 1. The number of carbonyl (C=O) groups excluding carboxylic acids is 1. The van der Waals surface area contributed by atoms with Gasteiger partial charge in [-0.2, -0.15) is 0 Å². The van der Waals surface area contributed by atoms with Gasteiger partial charge in [-0.15, -0.1) is 11.3 Å². The summed E-state index contributed by atoms with van der Waals surface area (Å²) in [5, 5.41) is 6.80. The van der Waals surface area contributed by atoms with Gasteiger partial charge >= 0.3 is 0 Å². The molecule has 0 aliphatic rings. The third-order valence-electron chi connectivity index (χ3n) is 3.90. The molecule has 124 valence electrons. The van der Waals surface area contributed by atoms with E-state index < -0.39 is 0 Å². The first kappa shape index (κ1) is 15.5. The Balaban J connectivity index is 1.68. The lowest BCUT2D eigenvalue weighted by molar-refractivity contribution is -0.111. The molecule has 2 aromatic carbocycles. The Bertz CT molecular complexity index is 1080. The molecule has 0 atom stereocenters. The highest BCUT2D eigenvalue weighted by Gasteiger charge is 2.13. The minimum absolute atomic E-state index is 0.220. The molecule has 0 aliphatic carbocycles. The third-order valence-corrected chi connectivity index (χ3v) is 4.74. The van der Waals surface area contributed by atoms with Crippen LogP contribution in [0.4, 0.5) is 5.69 Å². The van der Waals surface area contributed by atoms with Gasteiger partial charge in [0, 0.05) is 27.8 Å². The Labute approximate surface area is 148 Å². The van der Waals surface area contributed by atoms with Crippen LogP contribution in [0.5, 0.6) is 5.75 Å². The van der Waals surface area contributed by atoms with E-state index in [2.05, 4.69) is 5.32 Å². The van der Waals surface area contributed by atoms with Gasteiger partial charge in [0.05, 0.1) is 12.8 Å². The molecule has 0 spiro atoms. The topological polar surface area (TPSA) is 51.5 Å². The number of rotatable bonds is 4. The predicted octanol–water partition coefficient (Wildman–Crippen LogP) is 5.31. The van der Waals surface area contributed by atoms with Gasteiger partial charge in [0.15, 0.2) is 0 Å². The highest BCUT2D eigenvalue weighted by molar-refractivity contribution is 7.10. The first-order valence-electron chi connectivity index (χ1n) is 7.76. The number of furan rings is 1. The van der Waals surface area contributed by atoms with Crippen molar-refractivity contribution in [2.24, 2.45) is 0 Å². The maximum atomic E-state index is 12.2. The van der Waals surface area contributed by atoms with Crippen LogP contribution in [0.3, 0.4) is 0 Å². The summed E-state index contributed by atoms with van der Waals surface area (Å²) >= 11 is 1.58. The number of amides is 1. The van der Waals surface area contributed by atoms with Crippen molar-refractivity contribution in [2.75, 3.05) is 12.4 Å². The number of hydrogen-bond acceptors (Lipinski definition) is 4. The van der Waals surface area contributed by atoms with Crippen molar-refractivity contribution < 1.29 is 13.9 Å². The average Bonchev–Trinajstić information content (AvgIpc) is 3.26. The van der Waals surface area contributed by atoms with E-state index in [4.69, 9.17) is 9.15 Å². The van der Waals surface area contributed by atoms with Crippen LogP contribution >= 0.6 is 11.3 Å². The molecule has 25 heavy (non-hydrogen) atoms. The van der Waals surface area contributed by atoms with Crippen molar-refractivity contribution in [2.45, 2.75) is 0 Å². The molecule has 2 heterocycles. The predicted molar refractivity (Wildman–Crippen MR) is 102 cm³/mol. The summed E-state index contributed by atoms with van der Waals surface area (Å²) in [4.78, 5) is 13.2. The van der Waals surface area contributed by atoms with Crippen LogP contribution in [0.15, 0.2) is 64.4 Å². The standard InChI is InChI=1S/C20H15NO3S/c1-23-19-11-15-14-6-2-3-7-17(14)24-18(15)12-16(19)21-20(22)9-8-13-5-4-10-25-13/h2-12H,1H3,(H,21,22). The molecule has 0 saturated heterocycles. The molecule has 0 fully saturated rings. The fourth-order valence-electron chi connectivity index (χ4n) is 2.74. The lowest BCUT2D eigenvalue weighted by atomic mass is 10.1. The van der Waals surface area contributed by atoms with E-state index in [1.165, 1.54) is 6.08 Å². The highest BCUT2D eigenvalue weighted by Crippen LogP contribution is 2.36. The van der Waals surface area contributed by atoms with Gasteiger partial charge in [-0.25, -0.2) is 0 Å². The number of nitrogens with one attached hydrogen (secondary N) is 1.